The van der Waals surface area contributed by atoms with Crippen molar-refractivity contribution in [3.05, 3.63) is 35.9 Å². The number of anilines is 1. The van der Waals surface area contributed by atoms with E-state index in [1.165, 1.54) is 19.3 Å². The number of fused-ring (bicyclic) bond motifs is 8. The second-order valence-electron chi connectivity index (χ2n) is 11.7. The molecule has 1 aromatic carbocycles. The summed E-state index contributed by atoms with van der Waals surface area (Å²) in [6, 6.07) is 7.96. The lowest BCUT2D eigenvalue weighted by Gasteiger charge is -2.57. The summed E-state index contributed by atoms with van der Waals surface area (Å²) < 4.78 is 11.8. The zero-order valence-electron chi connectivity index (χ0n) is 18.2. The smallest absolute Gasteiger partial charge is 0.218 e. The molecule has 8 aliphatic rings. The third-order valence-electron chi connectivity index (χ3n) is 9.99. The highest BCUT2D eigenvalue weighted by Gasteiger charge is 2.66. The summed E-state index contributed by atoms with van der Waals surface area (Å²) in [5.74, 6) is 2.24. The van der Waals surface area contributed by atoms with E-state index in [4.69, 9.17) is 9.47 Å². The summed E-state index contributed by atoms with van der Waals surface area (Å²) in [7, 11) is 0. The molecule has 0 amide bonds. The molecule has 32 heavy (non-hydrogen) atoms. The monoisotopic (exact) mass is 431 g/mol. The number of para-hydroxylation sites is 1. The molecule has 0 unspecified atom stereocenters. The van der Waals surface area contributed by atoms with Crippen LogP contribution in [-0.2, 0) is 19.1 Å². The maximum absolute atomic E-state index is 14.7. The van der Waals surface area contributed by atoms with Crippen LogP contribution in [0.15, 0.2) is 30.3 Å². The molecule has 9 rings (SSSR count). The van der Waals surface area contributed by atoms with Crippen molar-refractivity contribution in [2.75, 3.05) is 11.5 Å². The second kappa shape index (κ2) is 6.12. The third-order valence-corrected chi connectivity index (χ3v) is 9.99. The van der Waals surface area contributed by atoms with Crippen LogP contribution in [0, 0.1) is 35.0 Å². The van der Waals surface area contributed by atoms with Crippen molar-refractivity contribution >= 4 is 23.3 Å². The zero-order chi connectivity index (χ0) is 21.2. The standard InChI is InChI=1S/C27H29NO4/c29-24-21-19-6-5-17-3-1-2-4-18(17)28(19)23(22(21)20-13-31-26(24)32-20)25(30)27-10-14-7-15(11-27)9-16(8-14)12-27/h1-6,14-16,19-23,26H,7-13H2/t14?,15?,16?,19-,20-,21+,22-,23-,26+,27?/m0/s1. The van der Waals surface area contributed by atoms with Crippen LogP contribution in [0.1, 0.15) is 44.1 Å². The van der Waals surface area contributed by atoms with E-state index < -0.39 is 6.29 Å². The fourth-order valence-corrected chi connectivity index (χ4v) is 9.30. The van der Waals surface area contributed by atoms with Crippen LogP contribution >= 0.6 is 0 Å². The molecule has 3 saturated heterocycles. The Bertz CT molecular complexity index is 1030. The summed E-state index contributed by atoms with van der Waals surface area (Å²) in [5.41, 5.74) is 2.04. The molecular formula is C27H29NO4. The lowest BCUT2D eigenvalue weighted by molar-refractivity contribution is -0.166. The number of hydrogen-bond donors (Lipinski definition) is 0. The van der Waals surface area contributed by atoms with Crippen molar-refractivity contribution in [2.45, 2.75) is 63.0 Å². The molecule has 4 heterocycles. The topological polar surface area (TPSA) is 55.8 Å². The van der Waals surface area contributed by atoms with Crippen molar-refractivity contribution in [1.82, 2.24) is 0 Å². The first kappa shape index (κ1) is 18.4. The van der Waals surface area contributed by atoms with Gasteiger partial charge in [-0.2, -0.15) is 0 Å². The van der Waals surface area contributed by atoms with Crippen molar-refractivity contribution in [3.63, 3.8) is 0 Å². The number of rotatable bonds is 2. The fourth-order valence-electron chi connectivity index (χ4n) is 9.30. The van der Waals surface area contributed by atoms with Gasteiger partial charge in [0.2, 0.25) is 6.29 Å². The highest BCUT2D eigenvalue weighted by molar-refractivity contribution is 5.99. The van der Waals surface area contributed by atoms with Gasteiger partial charge in [-0.15, -0.1) is 0 Å². The Hall–Kier alpha value is -1.98. The van der Waals surface area contributed by atoms with E-state index in [2.05, 4.69) is 35.3 Å². The number of ether oxygens (including phenoxy) is 2. The maximum Gasteiger partial charge on any atom is 0.218 e. The number of carbonyl (C=O) groups is 2. The minimum absolute atomic E-state index is 0.0311. The van der Waals surface area contributed by atoms with Gasteiger partial charge in [-0.3, -0.25) is 9.59 Å². The van der Waals surface area contributed by atoms with E-state index in [1.54, 1.807) is 0 Å². The van der Waals surface area contributed by atoms with Crippen LogP contribution < -0.4 is 4.90 Å². The largest absolute Gasteiger partial charge is 0.353 e. The second-order valence-corrected chi connectivity index (χ2v) is 11.7. The van der Waals surface area contributed by atoms with Gasteiger partial charge in [0.25, 0.3) is 0 Å². The molecule has 5 heteroatoms. The Kier molecular flexibility index (Phi) is 3.53. The molecule has 0 N–H and O–H groups in total. The predicted octanol–water partition coefficient (Wildman–Crippen LogP) is 3.61. The summed E-state index contributed by atoms with van der Waals surface area (Å²) in [6.07, 6.45) is 10.5. The number of carbonyl (C=O) groups excluding carboxylic acids is 2. The van der Waals surface area contributed by atoms with E-state index in [-0.39, 0.29) is 41.2 Å². The van der Waals surface area contributed by atoms with Crippen LogP contribution in [0.4, 0.5) is 5.69 Å². The molecule has 5 nitrogen and oxygen atoms in total. The number of hydrogen-bond acceptors (Lipinski definition) is 5. The third kappa shape index (κ3) is 2.22. The van der Waals surface area contributed by atoms with Gasteiger partial charge in [-0.25, -0.2) is 0 Å². The quantitative estimate of drug-likeness (QED) is 0.716. The first-order valence-corrected chi connectivity index (χ1v) is 12.5. The number of nitrogens with zero attached hydrogens (tertiary/aromatic N) is 1. The van der Waals surface area contributed by atoms with Crippen molar-refractivity contribution in [3.8, 4) is 0 Å². The van der Waals surface area contributed by atoms with Crippen LogP contribution in [0.3, 0.4) is 0 Å². The Morgan fingerprint density at radius 1 is 1.03 bits per heavy atom. The van der Waals surface area contributed by atoms with Gasteiger partial charge in [0.05, 0.1) is 30.7 Å². The van der Waals surface area contributed by atoms with Gasteiger partial charge < -0.3 is 14.4 Å². The van der Waals surface area contributed by atoms with Gasteiger partial charge >= 0.3 is 0 Å². The molecule has 4 aliphatic carbocycles. The Morgan fingerprint density at radius 3 is 2.50 bits per heavy atom. The molecule has 4 aliphatic heterocycles. The summed E-state index contributed by atoms with van der Waals surface area (Å²) >= 11 is 0. The van der Waals surface area contributed by atoms with E-state index >= 15 is 0 Å². The molecule has 1 aromatic rings. The number of benzene rings is 1. The minimum atomic E-state index is -0.748. The Balaban J connectivity index is 1.28. The lowest BCUT2D eigenvalue weighted by Crippen LogP contribution is -2.58. The van der Waals surface area contributed by atoms with Gasteiger partial charge in [-0.1, -0.05) is 30.4 Å². The summed E-state index contributed by atoms with van der Waals surface area (Å²) in [5, 5.41) is 0. The van der Waals surface area contributed by atoms with E-state index in [0.717, 1.165) is 48.3 Å². The summed E-state index contributed by atoms with van der Waals surface area (Å²) in [6.45, 7) is 0.425. The first-order valence-electron chi connectivity index (χ1n) is 12.5. The first-order chi connectivity index (χ1) is 15.6. The zero-order valence-corrected chi connectivity index (χ0v) is 18.2. The number of ketones is 2. The predicted molar refractivity (Wildman–Crippen MR) is 118 cm³/mol. The Labute approximate surface area is 188 Å². The van der Waals surface area contributed by atoms with Gasteiger partial charge in [0.15, 0.2) is 11.6 Å². The normalized spacial score (nSPS) is 49.2. The molecule has 6 bridgehead atoms. The maximum atomic E-state index is 14.7. The molecule has 6 atom stereocenters. The SMILES string of the molecule is O=C1[C@@H]2OC[C@H](O2)[C@H]2[C@H]1[C@@H]1C=Cc3ccccc3N1[C@@H]2C(=O)C12CC3CC(CC(C3)C1)C2. The van der Waals surface area contributed by atoms with Crippen molar-refractivity contribution in [2.24, 2.45) is 35.0 Å². The number of Topliss-reactive ketones (excluding diaryl/α,β-unsaturated/α-hetero) is 2. The van der Waals surface area contributed by atoms with Crippen LogP contribution in [0.5, 0.6) is 0 Å². The van der Waals surface area contributed by atoms with E-state index in [1.807, 2.05) is 6.07 Å². The molecule has 0 radical (unpaired) electrons. The molecule has 0 aromatic heterocycles. The van der Waals surface area contributed by atoms with Gasteiger partial charge in [-0.05, 0) is 67.9 Å². The molecule has 166 valence electrons. The molecule has 4 saturated carbocycles. The summed E-state index contributed by atoms with van der Waals surface area (Å²) in [4.78, 5) is 30.5. The fraction of sp³-hybridized carbons (Fsp3) is 0.630. The molecule has 0 spiro atoms. The van der Waals surface area contributed by atoms with E-state index in [0.29, 0.717) is 12.4 Å². The van der Waals surface area contributed by atoms with Crippen LogP contribution in [-0.4, -0.2) is 42.7 Å². The Morgan fingerprint density at radius 2 is 1.75 bits per heavy atom. The highest BCUT2D eigenvalue weighted by Crippen LogP contribution is 2.62. The highest BCUT2D eigenvalue weighted by atomic mass is 16.7. The average Bonchev–Trinajstić information content (AvgIpc) is 3.37. The van der Waals surface area contributed by atoms with Crippen molar-refractivity contribution in [1.29, 1.82) is 0 Å². The van der Waals surface area contributed by atoms with Crippen LogP contribution in [0.25, 0.3) is 6.08 Å². The van der Waals surface area contributed by atoms with E-state index in [9.17, 15) is 9.59 Å². The van der Waals surface area contributed by atoms with Crippen molar-refractivity contribution < 1.29 is 19.1 Å². The lowest BCUT2D eigenvalue weighted by atomic mass is 9.47. The average molecular weight is 432 g/mol. The molecular weight excluding hydrogens is 402 g/mol. The van der Waals surface area contributed by atoms with Gasteiger partial charge in [0.1, 0.15) is 0 Å². The van der Waals surface area contributed by atoms with Gasteiger partial charge in [0, 0.05) is 17.0 Å². The minimum Gasteiger partial charge on any atom is -0.353 e. The molecule has 7 fully saturated rings. The van der Waals surface area contributed by atoms with Crippen LogP contribution in [0.2, 0.25) is 0 Å².